The van der Waals surface area contributed by atoms with Crippen LogP contribution in [0.2, 0.25) is 20.1 Å². The largest absolute Gasteiger partial charge is 0.870 e. The minimum absolute atomic E-state index is 0. The predicted octanol–water partition coefficient (Wildman–Crippen LogP) is 8.62. The number of hydrogen-bond donors (Lipinski definition) is 3. The third kappa shape index (κ3) is 29.3. The average Bonchev–Trinajstić information content (AvgIpc) is 1.65. The summed E-state index contributed by atoms with van der Waals surface area (Å²) in [5.41, 5.74) is 1.95. The van der Waals surface area contributed by atoms with Gasteiger partial charge in [-0.2, -0.15) is 57.5 Å². The Bertz CT molecular complexity index is 5370. The van der Waals surface area contributed by atoms with E-state index in [0.717, 1.165) is 53.7 Å². The van der Waals surface area contributed by atoms with Gasteiger partial charge in [0.1, 0.15) is 50.4 Å². The summed E-state index contributed by atoms with van der Waals surface area (Å²) in [5.74, 6) is -1.73. The topological polar surface area (TPSA) is 491 Å². The number of imidazole rings is 4. The summed E-state index contributed by atoms with van der Waals surface area (Å²) in [5, 5.41) is 23.4. The van der Waals surface area contributed by atoms with Gasteiger partial charge in [0.25, 0.3) is 39.1 Å². The Kier molecular flexibility index (Phi) is 42.4. The first kappa shape index (κ1) is 109. The number of carbonyl (C=O) groups excluding carboxylic acids is 3. The lowest BCUT2D eigenvalue weighted by Crippen LogP contribution is -2.42. The molecule has 700 valence electrons. The number of aliphatic hydroxyl groups excluding tert-OH is 1. The van der Waals surface area contributed by atoms with Crippen molar-refractivity contribution in [2.75, 3.05) is 53.6 Å². The lowest BCUT2D eigenvalue weighted by atomic mass is 10.0. The standard InChI is InChI=1S/C27H28Cl2F2N4O6S.C18H17Cl2F2NO3.C10H15N3O4S.C9H13N3O4S.C6H11NO2.C4H5ClN2O2S.2H2O.2H2S/c1-34-10-8-33-27(34)42(37,38)35-9-2-3-21(35)25(36)40-23(12-18-19(28)13-32-14-20(18)29)17-6-7-22(41-26(30)31)24(11-17)39-15-16-4-5-16;19-13-7-23-8-14(20)12(13)6-15(24)11-3-4-16(26-18(21)22)17(5-11)25-9-10-1-2-10;1-12-7-5-11-10(12)18(15,16)13-6-3-4-8(13)9(14)17-2;1-11-6-4-10-9(11)17(15,16)12-5-2-3-7(12)8(13)14;1-9-6(8)5-3-2-4-7-5;1-7-3-2-6-4(7)10(5,8)9;;;;/h6-8,10-11,13-14,16,21,23,26H,2-5,9,12,15H2,1H3;3-5,7-8,10,15,18,24H,1-2,6,9H2;5,7-8H,3-4,6H2,1-2H3;4,6-7H,2-3,5H2,1H3,(H,13,14);5,7H,2-4H2,1H3;2-3H,1H3;4*1H2/t21-,23-;15-;8-;7-;5-;;;;;/m00000...../s1. The van der Waals surface area contributed by atoms with Gasteiger partial charge in [0, 0.05) is 132 Å². The van der Waals surface area contributed by atoms with Gasteiger partial charge in [-0.1, -0.05) is 58.5 Å². The van der Waals surface area contributed by atoms with Crippen molar-refractivity contribution in [3.8, 4) is 23.0 Å². The van der Waals surface area contributed by atoms with Crippen molar-refractivity contribution in [3.63, 3.8) is 0 Å². The number of hydrogen-bond acceptors (Lipinski definition) is 27. The lowest BCUT2D eigenvalue weighted by molar-refractivity contribution is -0.378. The molecule has 6 fully saturated rings. The molecule has 6 aliphatic rings. The molecule has 0 amide bonds. The average molecular weight is 2000 g/mol. The maximum atomic E-state index is 13.6. The quantitative estimate of drug-likeness (QED) is 0.0179. The SMILES string of the molecule is COC(=O)[C@@H]1CCCN1.COC(=O)[C@@H]1CCCN1S(=O)(=O)c1nccn1C.Cn1ccnc1S(=O)(=O)Cl.Cn1ccnc1S(=O)(=O)N1CCC[C@H]1C(=O)O.Cn1ccnc1S(=O)(=O)N1CCC[C@H]1C(=O)O[C@@H](Cc1c(Cl)c[nH+]cc1Cl)c1ccc(OC(F)F)c(OCC2CC2)c1.O[C@@H](Cc1c(Cl)c[nH+]cc1Cl)c1ccc(OC(F)F)c(OCC2CC2)c1.S.S.[OH-].[OH-]. The number of aromatic amines is 2. The highest BCUT2D eigenvalue weighted by molar-refractivity contribution is 8.13. The predicted molar refractivity (Wildman–Crippen MR) is 454 cm³/mol. The van der Waals surface area contributed by atoms with Crippen LogP contribution in [0.25, 0.3) is 0 Å². The number of benzene rings is 2. The number of pyridine rings is 2. The van der Waals surface area contributed by atoms with E-state index in [4.69, 9.17) is 76.4 Å². The number of aryl methyl sites for hydroxylation is 4. The number of halogens is 9. The van der Waals surface area contributed by atoms with E-state index in [2.05, 4.69) is 54.2 Å². The van der Waals surface area contributed by atoms with Gasteiger partial charge < -0.3 is 77.9 Å². The van der Waals surface area contributed by atoms with E-state index in [1.54, 1.807) is 46.8 Å². The molecule has 0 bridgehead atoms. The number of methoxy groups -OCH3 is 2. The Morgan fingerprint density at radius 2 is 0.873 bits per heavy atom. The molecule has 2 aromatic carbocycles. The third-order valence-corrected chi connectivity index (χ3v) is 28.0. The Morgan fingerprint density at radius 3 is 1.21 bits per heavy atom. The van der Waals surface area contributed by atoms with Gasteiger partial charge in [-0.3, -0.25) is 19.2 Å². The molecule has 2 aliphatic carbocycles. The fraction of sp³-hybridized carbons (Fsp3) is 0.486. The Morgan fingerprint density at radius 1 is 0.508 bits per heavy atom. The van der Waals surface area contributed by atoms with Crippen LogP contribution in [0.4, 0.5) is 17.6 Å². The number of aromatic nitrogens is 10. The van der Waals surface area contributed by atoms with Crippen LogP contribution in [-0.4, -0.2) is 221 Å². The van der Waals surface area contributed by atoms with E-state index in [9.17, 15) is 75.5 Å². The van der Waals surface area contributed by atoms with Crippen LogP contribution in [0.1, 0.15) is 112 Å². The van der Waals surface area contributed by atoms with E-state index < -0.39 is 101 Å². The van der Waals surface area contributed by atoms with Gasteiger partial charge >= 0.3 is 37.1 Å². The number of esters is 3. The zero-order chi connectivity index (χ0) is 89.1. The van der Waals surface area contributed by atoms with Crippen molar-refractivity contribution < 1.29 is 135 Å². The van der Waals surface area contributed by atoms with Crippen molar-refractivity contribution in [2.45, 2.75) is 160 Å². The van der Waals surface area contributed by atoms with Crippen LogP contribution in [0.5, 0.6) is 23.0 Å². The van der Waals surface area contributed by atoms with Gasteiger partial charge in [-0.05, 0) is 131 Å². The normalized spacial score (nSPS) is 18.0. The molecule has 126 heavy (non-hydrogen) atoms. The molecular formula is C74H97Cl5F4N14O23S6. The molecule has 2 saturated carbocycles. The van der Waals surface area contributed by atoms with Gasteiger partial charge in [-0.15, -0.1) is 0 Å². The maximum absolute atomic E-state index is 13.6. The molecule has 14 rings (SSSR count). The number of rotatable bonds is 28. The second-order valence-corrected chi connectivity index (χ2v) is 37.8. The molecule has 0 radical (unpaired) electrons. The highest BCUT2D eigenvalue weighted by atomic mass is 35.7. The van der Waals surface area contributed by atoms with E-state index in [1.165, 1.54) is 129 Å². The van der Waals surface area contributed by atoms with Gasteiger partial charge in [-0.25, -0.2) is 63.6 Å². The Balaban J connectivity index is 0.000000289. The second kappa shape index (κ2) is 49.2. The number of carboxylic acid groups (broad SMARTS) is 1. The van der Waals surface area contributed by atoms with Gasteiger partial charge in [0.2, 0.25) is 20.6 Å². The number of aliphatic hydroxyl groups is 1. The molecule has 7 N–H and O–H groups in total. The molecule has 4 saturated heterocycles. The smallest absolute Gasteiger partial charge is 0.387 e. The fourth-order valence-corrected chi connectivity index (χ4v) is 20.3. The van der Waals surface area contributed by atoms with E-state index >= 15 is 0 Å². The summed E-state index contributed by atoms with van der Waals surface area (Å²) in [4.78, 5) is 67.6. The summed E-state index contributed by atoms with van der Waals surface area (Å²) in [6, 6.07) is 5.83. The first-order valence-corrected chi connectivity index (χ1v) is 45.9. The highest BCUT2D eigenvalue weighted by Crippen LogP contribution is 2.41. The van der Waals surface area contributed by atoms with Crippen molar-refractivity contribution in [1.82, 2.24) is 56.4 Å². The number of nitrogens with zero attached hydrogens (tertiary/aromatic N) is 11. The monoisotopic (exact) mass is 1990 g/mol. The van der Waals surface area contributed by atoms with Crippen molar-refractivity contribution in [1.29, 1.82) is 0 Å². The van der Waals surface area contributed by atoms with Gasteiger partial charge in [0.05, 0.1) is 33.5 Å². The van der Waals surface area contributed by atoms with E-state index in [1.807, 2.05) is 0 Å². The lowest BCUT2D eigenvalue weighted by Gasteiger charge is -2.26. The summed E-state index contributed by atoms with van der Waals surface area (Å²) < 4.78 is 193. The van der Waals surface area contributed by atoms with Crippen LogP contribution in [-0.2, 0) is 114 Å². The molecule has 6 atom stereocenters. The number of carboxylic acids is 1. The number of nitrogens with one attached hydrogen (secondary N) is 3. The summed E-state index contributed by atoms with van der Waals surface area (Å²) in [6.45, 7) is -3.66. The molecule has 6 aromatic heterocycles. The van der Waals surface area contributed by atoms with Crippen LogP contribution >= 0.6 is 84.1 Å². The first-order valence-electron chi connectivity index (χ1n) is 37.8. The number of aliphatic carboxylic acids is 1. The Labute approximate surface area is 762 Å². The molecule has 8 aromatic rings. The fourth-order valence-electron chi connectivity index (χ4n) is 13.0. The molecule has 10 heterocycles. The van der Waals surface area contributed by atoms with Crippen LogP contribution in [0.15, 0.2) is 131 Å². The minimum atomic E-state index is -4.10. The first-order chi connectivity index (χ1) is 57.8. The van der Waals surface area contributed by atoms with Crippen molar-refractivity contribution >= 4 is 147 Å². The number of sulfonamides is 3. The van der Waals surface area contributed by atoms with Crippen molar-refractivity contribution in [2.24, 2.45) is 40.0 Å². The summed E-state index contributed by atoms with van der Waals surface area (Å²) in [6.07, 6.45) is 24.8. The number of ether oxygens (including phenoxy) is 7. The molecular weight excluding hydrogens is 1900 g/mol. The second-order valence-electron chi connectivity index (χ2n) is 28.4. The summed E-state index contributed by atoms with van der Waals surface area (Å²) in [7, 11) is -1.39. The highest BCUT2D eigenvalue weighted by Gasteiger charge is 2.45. The van der Waals surface area contributed by atoms with E-state index in [0.29, 0.717) is 96.0 Å². The third-order valence-electron chi connectivity index (χ3n) is 19.6. The van der Waals surface area contributed by atoms with Crippen LogP contribution < -0.4 is 34.2 Å². The van der Waals surface area contributed by atoms with Gasteiger partial charge in [0.15, 0.2) is 47.8 Å². The number of carbonyl (C=O) groups is 4. The number of alkyl halides is 4. The van der Waals surface area contributed by atoms with E-state index in [-0.39, 0.29) is 136 Å². The number of H-pyrrole nitrogens is 2. The van der Waals surface area contributed by atoms with Crippen LogP contribution in [0.3, 0.4) is 0 Å². The Hall–Kier alpha value is -7.95. The zero-order valence-electron chi connectivity index (χ0n) is 68.3. The van der Waals surface area contributed by atoms with Crippen LogP contribution in [0, 0.1) is 11.8 Å². The molecule has 0 spiro atoms. The molecule has 4 aliphatic heterocycles. The summed E-state index contributed by atoms with van der Waals surface area (Å²) >= 11 is 25.0. The minimum Gasteiger partial charge on any atom is -0.870 e. The molecule has 37 nitrogen and oxygen atoms in total. The van der Waals surface area contributed by atoms with Crippen molar-refractivity contribution in [3.05, 3.63) is 153 Å². The molecule has 0 unspecified atom stereocenters. The molecule has 52 heteroatoms. The maximum Gasteiger partial charge on any atom is 0.387 e. The zero-order valence-corrected chi connectivity index (χ0v) is 77.4.